The van der Waals surface area contributed by atoms with Gasteiger partial charge in [0.15, 0.2) is 0 Å². The van der Waals surface area contributed by atoms with E-state index in [9.17, 15) is 14.9 Å². The van der Waals surface area contributed by atoms with E-state index in [0.29, 0.717) is 12.6 Å². The number of benzene rings is 2. The van der Waals surface area contributed by atoms with Gasteiger partial charge in [0.1, 0.15) is 5.75 Å². The third kappa shape index (κ3) is 3.95. The van der Waals surface area contributed by atoms with Crippen LogP contribution in [-0.2, 0) is 7.05 Å². The second-order valence-corrected chi connectivity index (χ2v) is 5.75. The molecule has 138 valence electrons. The lowest BCUT2D eigenvalue weighted by Crippen LogP contribution is -2.15. The number of carbonyl (C=O) groups excluding carboxylic acids is 1. The zero-order chi connectivity index (χ0) is 19.4. The molecule has 0 bridgehead atoms. The normalized spacial score (nSPS) is 10.4. The Morgan fingerprint density at radius 1 is 1.26 bits per heavy atom. The van der Waals surface area contributed by atoms with Crippen LogP contribution in [0.3, 0.4) is 0 Å². The fraction of sp³-hybridized carbons (Fsp3) is 0.158. The van der Waals surface area contributed by atoms with Crippen LogP contribution in [0.5, 0.6) is 5.75 Å². The number of imidazole rings is 1. The van der Waals surface area contributed by atoms with Crippen LogP contribution in [0.1, 0.15) is 17.3 Å². The van der Waals surface area contributed by atoms with E-state index < -0.39 is 10.8 Å². The van der Waals surface area contributed by atoms with E-state index in [1.807, 2.05) is 31.2 Å². The highest BCUT2D eigenvalue weighted by Gasteiger charge is 2.15. The molecule has 0 unspecified atom stereocenters. The lowest BCUT2D eigenvalue weighted by Gasteiger charge is -2.08. The highest BCUT2D eigenvalue weighted by atomic mass is 16.6. The zero-order valence-electron chi connectivity index (χ0n) is 14.9. The Hall–Kier alpha value is -3.68. The Bertz CT molecular complexity index is 980. The van der Waals surface area contributed by atoms with Gasteiger partial charge in [0.05, 0.1) is 23.4 Å². The van der Waals surface area contributed by atoms with Crippen molar-refractivity contribution in [2.75, 3.05) is 11.9 Å². The Balaban J connectivity index is 1.80. The molecule has 0 aliphatic carbocycles. The molecule has 1 N–H and O–H groups in total. The summed E-state index contributed by atoms with van der Waals surface area (Å²) in [6, 6.07) is 13.1. The molecule has 0 saturated heterocycles. The van der Waals surface area contributed by atoms with Crippen molar-refractivity contribution < 1.29 is 14.5 Å². The second-order valence-electron chi connectivity index (χ2n) is 5.75. The minimum absolute atomic E-state index is 0.141. The number of carbonyl (C=O) groups is 1. The summed E-state index contributed by atoms with van der Waals surface area (Å²) in [5, 5.41) is 13.5. The summed E-state index contributed by atoms with van der Waals surface area (Å²) in [6.45, 7) is 2.52. The van der Waals surface area contributed by atoms with E-state index >= 15 is 0 Å². The molecular weight excluding hydrogens is 348 g/mol. The first-order chi connectivity index (χ1) is 13.0. The maximum atomic E-state index is 12.4. The lowest BCUT2D eigenvalue weighted by atomic mass is 10.1. The van der Waals surface area contributed by atoms with Crippen LogP contribution in [0.4, 0.5) is 11.6 Å². The molecule has 0 aliphatic heterocycles. The molecule has 0 aliphatic rings. The van der Waals surface area contributed by atoms with Gasteiger partial charge in [0, 0.05) is 30.3 Å². The van der Waals surface area contributed by atoms with Gasteiger partial charge in [-0.25, -0.2) is 4.98 Å². The monoisotopic (exact) mass is 366 g/mol. The topological polar surface area (TPSA) is 99.3 Å². The Morgan fingerprint density at radius 3 is 2.67 bits per heavy atom. The van der Waals surface area contributed by atoms with Crippen LogP contribution in [0, 0.1) is 10.1 Å². The molecule has 0 atom stereocenters. The van der Waals surface area contributed by atoms with Crippen molar-refractivity contribution >= 4 is 17.5 Å². The van der Waals surface area contributed by atoms with Crippen LogP contribution < -0.4 is 10.1 Å². The van der Waals surface area contributed by atoms with E-state index in [-0.39, 0.29) is 11.3 Å². The molecule has 1 amide bonds. The van der Waals surface area contributed by atoms with Crippen LogP contribution >= 0.6 is 0 Å². The molecule has 1 heterocycles. The number of non-ortho nitro benzene ring substituents is 1. The van der Waals surface area contributed by atoms with Crippen LogP contribution in [0.25, 0.3) is 11.3 Å². The smallest absolute Gasteiger partial charge is 0.270 e. The van der Waals surface area contributed by atoms with Crippen LogP contribution in [0.15, 0.2) is 54.7 Å². The number of ether oxygens (including phenoxy) is 1. The number of nitro benzene ring substituents is 1. The molecule has 8 heteroatoms. The quantitative estimate of drug-likeness (QED) is 0.530. The van der Waals surface area contributed by atoms with Crippen molar-refractivity contribution in [1.29, 1.82) is 0 Å². The van der Waals surface area contributed by atoms with Gasteiger partial charge in [-0.15, -0.1) is 0 Å². The fourth-order valence-corrected chi connectivity index (χ4v) is 2.62. The van der Waals surface area contributed by atoms with E-state index in [4.69, 9.17) is 4.74 Å². The molecule has 0 fully saturated rings. The second kappa shape index (κ2) is 7.69. The SMILES string of the molecule is CCOc1ccc(-c2cnc(NC(=O)c3cccc([N+](=O)[O-])c3)n2C)cc1. The largest absolute Gasteiger partial charge is 0.494 e. The molecule has 8 nitrogen and oxygen atoms in total. The lowest BCUT2D eigenvalue weighted by molar-refractivity contribution is -0.384. The van der Waals surface area contributed by atoms with Gasteiger partial charge in [0.2, 0.25) is 5.95 Å². The molecule has 3 aromatic rings. The third-order valence-corrected chi connectivity index (χ3v) is 3.99. The Kier molecular flexibility index (Phi) is 5.16. The summed E-state index contributed by atoms with van der Waals surface area (Å²) < 4.78 is 7.17. The average molecular weight is 366 g/mol. The van der Waals surface area contributed by atoms with Gasteiger partial charge in [-0.2, -0.15) is 0 Å². The van der Waals surface area contributed by atoms with Gasteiger partial charge >= 0.3 is 0 Å². The minimum atomic E-state index is -0.540. The number of hydrogen-bond acceptors (Lipinski definition) is 5. The summed E-state index contributed by atoms with van der Waals surface area (Å²) in [7, 11) is 1.78. The summed E-state index contributed by atoms with van der Waals surface area (Å²) in [6.07, 6.45) is 1.65. The number of nitro groups is 1. The van der Waals surface area contributed by atoms with Crippen molar-refractivity contribution in [1.82, 2.24) is 9.55 Å². The Morgan fingerprint density at radius 2 is 2.00 bits per heavy atom. The number of nitrogens with one attached hydrogen (secondary N) is 1. The van der Waals surface area contributed by atoms with Crippen molar-refractivity contribution in [2.24, 2.45) is 7.05 Å². The number of aromatic nitrogens is 2. The number of anilines is 1. The minimum Gasteiger partial charge on any atom is -0.494 e. The summed E-state index contributed by atoms with van der Waals surface area (Å²) in [5.41, 5.74) is 1.78. The molecule has 1 aromatic heterocycles. The molecule has 2 aromatic carbocycles. The summed E-state index contributed by atoms with van der Waals surface area (Å²) in [5.74, 6) is 0.656. The van der Waals surface area contributed by atoms with Crippen molar-refractivity contribution in [3.8, 4) is 17.0 Å². The van der Waals surface area contributed by atoms with Gasteiger partial charge < -0.3 is 9.30 Å². The van der Waals surface area contributed by atoms with E-state index in [1.54, 1.807) is 17.8 Å². The van der Waals surface area contributed by atoms with Gasteiger partial charge in [-0.3, -0.25) is 20.2 Å². The third-order valence-electron chi connectivity index (χ3n) is 3.99. The Labute approximate surface area is 155 Å². The van der Waals surface area contributed by atoms with E-state index in [2.05, 4.69) is 10.3 Å². The van der Waals surface area contributed by atoms with Crippen molar-refractivity contribution in [3.63, 3.8) is 0 Å². The first-order valence-corrected chi connectivity index (χ1v) is 8.30. The first-order valence-electron chi connectivity index (χ1n) is 8.30. The van der Waals surface area contributed by atoms with Crippen molar-refractivity contribution in [3.05, 3.63) is 70.4 Å². The number of amides is 1. The van der Waals surface area contributed by atoms with Crippen LogP contribution in [0.2, 0.25) is 0 Å². The highest BCUT2D eigenvalue weighted by molar-refractivity contribution is 6.03. The molecule has 0 saturated carbocycles. The highest BCUT2D eigenvalue weighted by Crippen LogP contribution is 2.24. The predicted octanol–water partition coefficient (Wildman–Crippen LogP) is 3.65. The number of hydrogen-bond donors (Lipinski definition) is 1. The zero-order valence-corrected chi connectivity index (χ0v) is 14.9. The average Bonchev–Trinajstić information content (AvgIpc) is 3.03. The van der Waals surface area contributed by atoms with Crippen molar-refractivity contribution in [2.45, 2.75) is 6.92 Å². The standard InChI is InChI=1S/C19H18N4O4/c1-3-27-16-9-7-13(8-10-16)17-12-20-19(22(17)2)21-18(24)14-5-4-6-15(11-14)23(25)26/h4-12H,3H2,1-2H3,(H,20,21,24). The maximum absolute atomic E-state index is 12.4. The maximum Gasteiger partial charge on any atom is 0.270 e. The first kappa shape index (κ1) is 18.1. The fourth-order valence-electron chi connectivity index (χ4n) is 2.62. The number of rotatable bonds is 6. The molecular formula is C19H18N4O4. The van der Waals surface area contributed by atoms with Gasteiger partial charge in [-0.1, -0.05) is 6.07 Å². The molecule has 0 spiro atoms. The molecule has 0 radical (unpaired) electrons. The molecule has 3 rings (SSSR count). The number of nitrogens with zero attached hydrogens (tertiary/aromatic N) is 3. The predicted molar refractivity (Wildman–Crippen MR) is 101 cm³/mol. The molecule has 27 heavy (non-hydrogen) atoms. The van der Waals surface area contributed by atoms with Crippen LogP contribution in [-0.4, -0.2) is 27.0 Å². The van der Waals surface area contributed by atoms with E-state index in [1.165, 1.54) is 24.3 Å². The van der Waals surface area contributed by atoms with Gasteiger partial charge in [-0.05, 0) is 37.3 Å². The van der Waals surface area contributed by atoms with E-state index in [0.717, 1.165) is 17.0 Å². The summed E-state index contributed by atoms with van der Waals surface area (Å²) >= 11 is 0. The van der Waals surface area contributed by atoms with Gasteiger partial charge in [0.25, 0.3) is 11.6 Å². The summed E-state index contributed by atoms with van der Waals surface area (Å²) in [4.78, 5) is 27.0.